The minimum absolute atomic E-state index is 0.0484. The molecular formula is C19H14O2. The molecule has 0 saturated heterocycles. The third-order valence-electron chi connectivity index (χ3n) is 3.38. The Balaban J connectivity index is 2.04. The number of rotatable bonds is 3. The van der Waals surface area contributed by atoms with Crippen LogP contribution in [0.3, 0.4) is 0 Å². The molecule has 2 nitrogen and oxygen atoms in total. The van der Waals surface area contributed by atoms with Crippen molar-refractivity contribution in [3.8, 4) is 16.9 Å². The fraction of sp³-hybridized carbons (Fsp3) is 0. The second-order valence-electron chi connectivity index (χ2n) is 4.79. The average Bonchev–Trinajstić information content (AvgIpc) is 2.56. The van der Waals surface area contributed by atoms with Gasteiger partial charge in [-0.2, -0.15) is 0 Å². The maximum absolute atomic E-state index is 12.5. The van der Waals surface area contributed by atoms with Crippen LogP contribution >= 0.6 is 0 Å². The van der Waals surface area contributed by atoms with Crippen LogP contribution in [-0.2, 0) is 0 Å². The highest BCUT2D eigenvalue weighted by atomic mass is 16.3. The molecule has 0 unspecified atom stereocenters. The molecule has 0 aliphatic heterocycles. The molecule has 0 fully saturated rings. The molecule has 0 bridgehead atoms. The van der Waals surface area contributed by atoms with E-state index in [4.69, 9.17) is 0 Å². The van der Waals surface area contributed by atoms with E-state index in [1.165, 1.54) is 0 Å². The van der Waals surface area contributed by atoms with Gasteiger partial charge in [-0.15, -0.1) is 0 Å². The van der Waals surface area contributed by atoms with Crippen molar-refractivity contribution in [1.82, 2.24) is 0 Å². The molecule has 0 spiro atoms. The summed E-state index contributed by atoms with van der Waals surface area (Å²) in [6.45, 7) is 0. The number of carbonyl (C=O) groups excluding carboxylic acids is 1. The lowest BCUT2D eigenvalue weighted by Gasteiger charge is -2.08. The van der Waals surface area contributed by atoms with Gasteiger partial charge in [0.05, 0.1) is 0 Å². The molecule has 3 aromatic carbocycles. The third-order valence-corrected chi connectivity index (χ3v) is 3.38. The van der Waals surface area contributed by atoms with Crippen LogP contribution < -0.4 is 0 Å². The Kier molecular flexibility index (Phi) is 3.52. The Bertz CT molecular complexity index is 762. The van der Waals surface area contributed by atoms with E-state index in [1.807, 2.05) is 48.5 Å². The molecule has 102 valence electrons. The Morgan fingerprint density at radius 1 is 0.714 bits per heavy atom. The summed E-state index contributed by atoms with van der Waals surface area (Å²) in [5, 5.41) is 10.0. The Labute approximate surface area is 123 Å². The summed E-state index contributed by atoms with van der Waals surface area (Å²) in [5.41, 5.74) is 2.76. The zero-order valence-corrected chi connectivity index (χ0v) is 11.4. The van der Waals surface area contributed by atoms with Crippen LogP contribution in [0.25, 0.3) is 11.1 Å². The topological polar surface area (TPSA) is 37.3 Å². The molecule has 3 rings (SSSR count). The average molecular weight is 274 g/mol. The summed E-state index contributed by atoms with van der Waals surface area (Å²) in [6, 6.07) is 23.6. The monoisotopic (exact) mass is 274 g/mol. The van der Waals surface area contributed by atoms with Crippen molar-refractivity contribution in [3.63, 3.8) is 0 Å². The lowest BCUT2D eigenvalue weighted by molar-refractivity contribution is 0.103. The van der Waals surface area contributed by atoms with Crippen molar-refractivity contribution in [2.45, 2.75) is 0 Å². The van der Waals surface area contributed by atoms with Gasteiger partial charge in [0.15, 0.2) is 5.78 Å². The smallest absolute Gasteiger partial charge is 0.193 e. The van der Waals surface area contributed by atoms with Gasteiger partial charge in [-0.05, 0) is 23.8 Å². The summed E-state index contributed by atoms with van der Waals surface area (Å²) in [5.74, 6) is 0.124. The second kappa shape index (κ2) is 5.63. The summed E-state index contributed by atoms with van der Waals surface area (Å²) in [6.07, 6.45) is 0. The SMILES string of the molecule is O=C(c1ccccc1)c1ccc(O)c(-c2ccccc2)c1. The van der Waals surface area contributed by atoms with Crippen molar-refractivity contribution in [1.29, 1.82) is 0 Å². The molecule has 0 aliphatic rings. The molecule has 0 saturated carbocycles. The number of benzene rings is 3. The van der Waals surface area contributed by atoms with Crippen LogP contribution in [0, 0.1) is 0 Å². The van der Waals surface area contributed by atoms with Gasteiger partial charge in [0.25, 0.3) is 0 Å². The highest BCUT2D eigenvalue weighted by Crippen LogP contribution is 2.30. The Morgan fingerprint density at radius 3 is 2.00 bits per heavy atom. The number of hydrogen-bond acceptors (Lipinski definition) is 2. The predicted molar refractivity (Wildman–Crippen MR) is 83.4 cm³/mol. The summed E-state index contributed by atoms with van der Waals surface area (Å²) >= 11 is 0. The molecular weight excluding hydrogens is 260 g/mol. The van der Waals surface area contributed by atoms with Crippen LogP contribution in [0.15, 0.2) is 78.9 Å². The molecule has 0 heterocycles. The number of hydrogen-bond donors (Lipinski definition) is 1. The van der Waals surface area contributed by atoms with E-state index in [1.54, 1.807) is 30.3 Å². The van der Waals surface area contributed by atoms with E-state index < -0.39 is 0 Å². The van der Waals surface area contributed by atoms with Gasteiger partial charge in [0.1, 0.15) is 5.75 Å². The quantitative estimate of drug-likeness (QED) is 0.723. The van der Waals surface area contributed by atoms with E-state index >= 15 is 0 Å². The fourth-order valence-corrected chi connectivity index (χ4v) is 2.28. The van der Waals surface area contributed by atoms with E-state index in [2.05, 4.69) is 0 Å². The molecule has 0 aromatic heterocycles. The van der Waals surface area contributed by atoms with Crippen LogP contribution in [0.1, 0.15) is 15.9 Å². The van der Waals surface area contributed by atoms with Crippen LogP contribution in [0.2, 0.25) is 0 Å². The molecule has 1 N–H and O–H groups in total. The number of carbonyl (C=O) groups is 1. The molecule has 2 heteroatoms. The molecule has 0 aliphatic carbocycles. The van der Waals surface area contributed by atoms with Gasteiger partial charge >= 0.3 is 0 Å². The minimum atomic E-state index is -0.0484. The first-order valence-electron chi connectivity index (χ1n) is 6.74. The zero-order chi connectivity index (χ0) is 14.7. The number of aromatic hydroxyl groups is 1. The standard InChI is InChI=1S/C19H14O2/c20-18-12-11-16(19(21)15-9-5-2-6-10-15)13-17(18)14-7-3-1-4-8-14/h1-13,20H. The molecule has 0 radical (unpaired) electrons. The first-order chi connectivity index (χ1) is 10.3. The normalized spacial score (nSPS) is 10.3. The highest BCUT2D eigenvalue weighted by molar-refractivity contribution is 6.09. The van der Waals surface area contributed by atoms with Crippen LogP contribution in [0.5, 0.6) is 5.75 Å². The van der Waals surface area contributed by atoms with Gasteiger partial charge in [-0.3, -0.25) is 4.79 Å². The van der Waals surface area contributed by atoms with Gasteiger partial charge < -0.3 is 5.11 Å². The molecule has 3 aromatic rings. The fourth-order valence-electron chi connectivity index (χ4n) is 2.28. The minimum Gasteiger partial charge on any atom is -0.507 e. The largest absolute Gasteiger partial charge is 0.507 e. The Hall–Kier alpha value is -2.87. The molecule has 0 atom stereocenters. The number of ketones is 1. The van der Waals surface area contributed by atoms with Gasteiger partial charge in [-0.1, -0.05) is 60.7 Å². The van der Waals surface area contributed by atoms with Crippen molar-refractivity contribution in [2.75, 3.05) is 0 Å². The summed E-state index contributed by atoms with van der Waals surface area (Å²) in [4.78, 5) is 12.5. The van der Waals surface area contributed by atoms with E-state index in [-0.39, 0.29) is 11.5 Å². The molecule has 21 heavy (non-hydrogen) atoms. The van der Waals surface area contributed by atoms with E-state index in [9.17, 15) is 9.90 Å². The van der Waals surface area contributed by atoms with Crippen LogP contribution in [-0.4, -0.2) is 10.9 Å². The summed E-state index contributed by atoms with van der Waals surface area (Å²) in [7, 11) is 0. The molecule has 0 amide bonds. The maximum Gasteiger partial charge on any atom is 0.193 e. The van der Waals surface area contributed by atoms with Gasteiger partial charge in [0, 0.05) is 16.7 Å². The summed E-state index contributed by atoms with van der Waals surface area (Å²) < 4.78 is 0. The zero-order valence-electron chi connectivity index (χ0n) is 11.4. The van der Waals surface area contributed by atoms with Crippen molar-refractivity contribution in [3.05, 3.63) is 90.0 Å². The van der Waals surface area contributed by atoms with Crippen molar-refractivity contribution in [2.24, 2.45) is 0 Å². The predicted octanol–water partition coefficient (Wildman–Crippen LogP) is 4.29. The highest BCUT2D eigenvalue weighted by Gasteiger charge is 2.12. The first kappa shape index (κ1) is 13.1. The van der Waals surface area contributed by atoms with Crippen molar-refractivity contribution >= 4 is 5.78 Å². The number of phenolic OH excluding ortho intramolecular Hbond substituents is 1. The third kappa shape index (κ3) is 2.70. The van der Waals surface area contributed by atoms with Crippen molar-refractivity contribution < 1.29 is 9.90 Å². The first-order valence-corrected chi connectivity index (χ1v) is 6.74. The lowest BCUT2D eigenvalue weighted by Crippen LogP contribution is -2.01. The maximum atomic E-state index is 12.5. The van der Waals surface area contributed by atoms with E-state index in [0.29, 0.717) is 16.7 Å². The van der Waals surface area contributed by atoms with Gasteiger partial charge in [0.2, 0.25) is 0 Å². The van der Waals surface area contributed by atoms with Gasteiger partial charge in [-0.25, -0.2) is 0 Å². The number of phenols is 1. The van der Waals surface area contributed by atoms with Crippen LogP contribution in [0.4, 0.5) is 0 Å². The lowest BCUT2D eigenvalue weighted by atomic mass is 9.97. The van der Waals surface area contributed by atoms with E-state index in [0.717, 1.165) is 5.56 Å². The Morgan fingerprint density at radius 2 is 1.33 bits per heavy atom. The second-order valence-corrected chi connectivity index (χ2v) is 4.79.